The van der Waals surface area contributed by atoms with Gasteiger partial charge in [-0.1, -0.05) is 22.9 Å². The minimum Gasteiger partial charge on any atom is -0.478 e. The lowest BCUT2D eigenvalue weighted by Crippen LogP contribution is -2.11. The SMILES string of the molecule is O=C(O)c1ccc(NC(=O)c2csc([N+](=O)[O-])c2)c(Cl)c1. The number of thiophene rings is 1. The molecule has 0 aliphatic heterocycles. The van der Waals surface area contributed by atoms with Crippen molar-refractivity contribution in [1.82, 2.24) is 0 Å². The number of nitrogens with one attached hydrogen (secondary N) is 1. The van der Waals surface area contributed by atoms with E-state index in [1.54, 1.807) is 0 Å². The van der Waals surface area contributed by atoms with E-state index in [-0.39, 0.29) is 26.8 Å². The van der Waals surface area contributed by atoms with Gasteiger partial charge in [0.15, 0.2) is 0 Å². The Bertz CT molecular complexity index is 743. The summed E-state index contributed by atoms with van der Waals surface area (Å²) in [6.07, 6.45) is 0. The molecule has 0 atom stereocenters. The fourth-order valence-corrected chi connectivity index (χ4v) is 2.42. The van der Waals surface area contributed by atoms with E-state index in [9.17, 15) is 19.7 Å². The van der Waals surface area contributed by atoms with Gasteiger partial charge in [-0.15, -0.1) is 0 Å². The molecule has 1 heterocycles. The molecule has 2 rings (SSSR count). The Kier molecular flexibility index (Phi) is 4.20. The lowest BCUT2D eigenvalue weighted by Gasteiger charge is -2.06. The van der Waals surface area contributed by atoms with Crippen LogP contribution in [0.1, 0.15) is 20.7 Å². The Balaban J connectivity index is 2.19. The van der Waals surface area contributed by atoms with Crippen molar-refractivity contribution >= 4 is 45.5 Å². The summed E-state index contributed by atoms with van der Waals surface area (Å²) in [4.78, 5) is 32.7. The third-order valence-corrected chi connectivity index (χ3v) is 3.68. The van der Waals surface area contributed by atoms with Crippen molar-refractivity contribution in [3.05, 3.63) is 55.9 Å². The second-order valence-electron chi connectivity index (χ2n) is 3.88. The second kappa shape index (κ2) is 5.90. The van der Waals surface area contributed by atoms with Crippen molar-refractivity contribution in [2.24, 2.45) is 0 Å². The van der Waals surface area contributed by atoms with Crippen LogP contribution in [0.5, 0.6) is 0 Å². The number of carbonyl (C=O) groups excluding carboxylic acids is 1. The lowest BCUT2D eigenvalue weighted by atomic mass is 10.2. The Morgan fingerprint density at radius 1 is 1.29 bits per heavy atom. The van der Waals surface area contributed by atoms with E-state index in [0.29, 0.717) is 0 Å². The first-order valence-electron chi connectivity index (χ1n) is 5.45. The monoisotopic (exact) mass is 326 g/mol. The van der Waals surface area contributed by atoms with Crippen molar-refractivity contribution < 1.29 is 19.6 Å². The highest BCUT2D eigenvalue weighted by molar-refractivity contribution is 7.13. The quantitative estimate of drug-likeness (QED) is 0.662. The predicted octanol–water partition coefficient (Wildman–Crippen LogP) is 3.26. The number of rotatable bonds is 4. The van der Waals surface area contributed by atoms with E-state index < -0.39 is 16.8 Å². The van der Waals surface area contributed by atoms with Crippen molar-refractivity contribution in [1.29, 1.82) is 0 Å². The van der Waals surface area contributed by atoms with Crippen LogP contribution in [-0.4, -0.2) is 21.9 Å². The third-order valence-electron chi connectivity index (χ3n) is 2.49. The summed E-state index contributed by atoms with van der Waals surface area (Å²) < 4.78 is 0. The number of benzene rings is 1. The minimum atomic E-state index is -1.14. The molecule has 0 spiro atoms. The summed E-state index contributed by atoms with van der Waals surface area (Å²) >= 11 is 6.71. The van der Waals surface area contributed by atoms with E-state index in [1.807, 2.05) is 0 Å². The Hall–Kier alpha value is -2.45. The summed E-state index contributed by atoms with van der Waals surface area (Å²) in [6, 6.07) is 5.00. The van der Waals surface area contributed by atoms with Gasteiger partial charge in [0.2, 0.25) is 0 Å². The molecule has 7 nitrogen and oxygen atoms in total. The first-order chi connectivity index (χ1) is 9.88. The summed E-state index contributed by atoms with van der Waals surface area (Å²) in [7, 11) is 0. The van der Waals surface area contributed by atoms with Crippen LogP contribution in [0.3, 0.4) is 0 Å². The van der Waals surface area contributed by atoms with Crippen LogP contribution in [-0.2, 0) is 0 Å². The van der Waals surface area contributed by atoms with Gasteiger partial charge in [-0.05, 0) is 18.2 Å². The zero-order valence-electron chi connectivity index (χ0n) is 10.2. The van der Waals surface area contributed by atoms with Crippen molar-refractivity contribution in [2.75, 3.05) is 5.32 Å². The number of halogens is 1. The van der Waals surface area contributed by atoms with Gasteiger partial charge in [-0.3, -0.25) is 14.9 Å². The molecule has 2 aromatic rings. The Morgan fingerprint density at radius 3 is 2.52 bits per heavy atom. The summed E-state index contributed by atoms with van der Waals surface area (Å²) in [5.41, 5.74) is 0.342. The molecule has 1 aromatic carbocycles. The fraction of sp³-hybridized carbons (Fsp3) is 0. The smallest absolute Gasteiger partial charge is 0.335 e. The third kappa shape index (κ3) is 3.36. The standard InChI is InChI=1S/C12H7ClN2O5S/c13-8-3-6(12(17)18)1-2-9(8)14-11(16)7-4-10(15(19)20)21-5-7/h1-5H,(H,14,16)(H,17,18). The molecule has 0 unspecified atom stereocenters. The number of hydrogen-bond donors (Lipinski definition) is 2. The fourth-order valence-electron chi connectivity index (χ4n) is 1.48. The molecule has 0 radical (unpaired) electrons. The molecule has 9 heteroatoms. The Labute approximate surface area is 126 Å². The van der Waals surface area contributed by atoms with Crippen LogP contribution in [0.2, 0.25) is 5.02 Å². The van der Waals surface area contributed by atoms with Crippen molar-refractivity contribution in [3.8, 4) is 0 Å². The van der Waals surface area contributed by atoms with Crippen LogP contribution in [0, 0.1) is 10.1 Å². The van der Waals surface area contributed by atoms with Gasteiger partial charge in [0.25, 0.3) is 5.91 Å². The number of nitro groups is 1. The van der Waals surface area contributed by atoms with Gasteiger partial charge in [0.1, 0.15) is 0 Å². The van der Waals surface area contributed by atoms with E-state index in [4.69, 9.17) is 16.7 Å². The number of carbonyl (C=O) groups is 2. The lowest BCUT2D eigenvalue weighted by molar-refractivity contribution is -0.380. The van der Waals surface area contributed by atoms with Gasteiger partial charge >= 0.3 is 11.0 Å². The maximum atomic E-state index is 11.9. The maximum absolute atomic E-state index is 11.9. The van der Waals surface area contributed by atoms with Crippen LogP contribution < -0.4 is 5.32 Å². The van der Waals surface area contributed by atoms with Gasteiger partial charge in [-0.2, -0.15) is 0 Å². The highest BCUT2D eigenvalue weighted by Crippen LogP contribution is 2.26. The number of anilines is 1. The molecule has 2 N–H and O–H groups in total. The maximum Gasteiger partial charge on any atom is 0.335 e. The molecule has 108 valence electrons. The molecule has 0 fully saturated rings. The topological polar surface area (TPSA) is 110 Å². The molecule has 0 aliphatic carbocycles. The summed E-state index contributed by atoms with van der Waals surface area (Å²) in [6.45, 7) is 0. The van der Waals surface area contributed by atoms with Crippen molar-refractivity contribution in [3.63, 3.8) is 0 Å². The molecular formula is C12H7ClN2O5S. The highest BCUT2D eigenvalue weighted by atomic mass is 35.5. The normalized spacial score (nSPS) is 10.1. The van der Waals surface area contributed by atoms with Crippen LogP contribution in [0.15, 0.2) is 29.6 Å². The molecule has 1 aromatic heterocycles. The van der Waals surface area contributed by atoms with Gasteiger partial charge < -0.3 is 10.4 Å². The number of aromatic carboxylic acids is 1. The average Bonchev–Trinajstić information content (AvgIpc) is 2.90. The predicted molar refractivity (Wildman–Crippen MR) is 77.3 cm³/mol. The molecular weight excluding hydrogens is 320 g/mol. The first-order valence-corrected chi connectivity index (χ1v) is 6.71. The summed E-state index contributed by atoms with van der Waals surface area (Å²) in [5, 5.41) is 23.1. The van der Waals surface area contributed by atoms with Crippen LogP contribution in [0.25, 0.3) is 0 Å². The highest BCUT2D eigenvalue weighted by Gasteiger charge is 2.16. The molecule has 0 saturated heterocycles. The van der Waals surface area contributed by atoms with Gasteiger partial charge in [0, 0.05) is 11.4 Å². The second-order valence-corrected chi connectivity index (χ2v) is 5.18. The number of carboxylic acids is 1. The van der Waals surface area contributed by atoms with Crippen LogP contribution >= 0.6 is 22.9 Å². The zero-order valence-corrected chi connectivity index (χ0v) is 11.8. The number of nitrogens with zero attached hydrogens (tertiary/aromatic N) is 1. The van der Waals surface area contributed by atoms with Crippen LogP contribution in [0.4, 0.5) is 10.7 Å². The summed E-state index contributed by atoms with van der Waals surface area (Å²) in [5.74, 6) is -1.70. The Morgan fingerprint density at radius 2 is 2.00 bits per heavy atom. The number of hydrogen-bond acceptors (Lipinski definition) is 5. The minimum absolute atomic E-state index is 0.0100. The number of amides is 1. The molecule has 1 amide bonds. The van der Waals surface area contributed by atoms with E-state index >= 15 is 0 Å². The van der Waals surface area contributed by atoms with Gasteiger partial charge in [-0.25, -0.2) is 4.79 Å². The van der Waals surface area contributed by atoms with Crippen molar-refractivity contribution in [2.45, 2.75) is 0 Å². The van der Waals surface area contributed by atoms with Gasteiger partial charge in [0.05, 0.1) is 26.8 Å². The molecule has 0 saturated carbocycles. The largest absolute Gasteiger partial charge is 0.478 e. The number of carboxylic acid groups (broad SMARTS) is 1. The van der Waals surface area contributed by atoms with E-state index in [2.05, 4.69) is 5.32 Å². The van der Waals surface area contributed by atoms with E-state index in [0.717, 1.165) is 17.4 Å². The molecule has 0 aliphatic rings. The molecule has 0 bridgehead atoms. The zero-order chi connectivity index (χ0) is 15.6. The molecule has 21 heavy (non-hydrogen) atoms. The average molecular weight is 327 g/mol. The van der Waals surface area contributed by atoms with E-state index in [1.165, 1.54) is 23.6 Å². The first kappa shape index (κ1) is 14.9.